The maximum atomic E-state index is 9.60. The van der Waals surface area contributed by atoms with Crippen LogP contribution in [-0.2, 0) is 9.53 Å². The Bertz CT molecular complexity index is 209. The predicted octanol–water partition coefficient (Wildman–Crippen LogP) is 0.581. The molecule has 5 N–H and O–H groups in total. The van der Waals surface area contributed by atoms with Crippen molar-refractivity contribution in [2.45, 2.75) is 6.92 Å². The SMILES string of the molecule is C=CC(=O)O.CCOC(N)=O.O=C(O)O. The molecule has 0 heterocycles. The second-order valence-corrected chi connectivity index (χ2v) is 1.58. The van der Waals surface area contributed by atoms with Crippen LogP contribution in [0.1, 0.15) is 6.92 Å². The molecular weight excluding hydrogens is 210 g/mol. The first-order valence-corrected chi connectivity index (χ1v) is 3.47. The molecule has 88 valence electrons. The minimum absolute atomic E-state index is 0.356. The minimum atomic E-state index is -1.83. The molecule has 0 spiro atoms. The Kier molecular flexibility index (Phi) is 17.6. The highest BCUT2D eigenvalue weighted by Crippen LogP contribution is 1.66. The molecule has 0 aromatic carbocycles. The van der Waals surface area contributed by atoms with Crippen molar-refractivity contribution in [3.8, 4) is 0 Å². The molecule has 0 fully saturated rings. The summed E-state index contributed by atoms with van der Waals surface area (Å²) in [5.74, 6) is -0.981. The average Bonchev–Trinajstić information content (AvgIpc) is 2.03. The van der Waals surface area contributed by atoms with Crippen LogP contribution in [-0.4, -0.2) is 40.1 Å². The van der Waals surface area contributed by atoms with E-state index < -0.39 is 18.2 Å². The minimum Gasteiger partial charge on any atom is -0.478 e. The number of hydrogen-bond donors (Lipinski definition) is 4. The molecular formula is C7H13NO7. The average molecular weight is 223 g/mol. The van der Waals surface area contributed by atoms with Crippen LogP contribution in [0.5, 0.6) is 0 Å². The van der Waals surface area contributed by atoms with Crippen molar-refractivity contribution in [3.63, 3.8) is 0 Å². The maximum Gasteiger partial charge on any atom is 0.503 e. The molecule has 8 nitrogen and oxygen atoms in total. The van der Waals surface area contributed by atoms with Gasteiger partial charge in [0.2, 0.25) is 0 Å². The lowest BCUT2D eigenvalue weighted by atomic mass is 10.7. The van der Waals surface area contributed by atoms with E-state index in [2.05, 4.69) is 17.0 Å². The Balaban J connectivity index is -0.000000147. The van der Waals surface area contributed by atoms with Crippen LogP contribution in [0.15, 0.2) is 12.7 Å². The first-order chi connectivity index (χ1) is 6.77. The van der Waals surface area contributed by atoms with Crippen LogP contribution < -0.4 is 5.73 Å². The Morgan fingerprint density at radius 1 is 1.33 bits per heavy atom. The van der Waals surface area contributed by atoms with E-state index in [0.717, 1.165) is 6.08 Å². The van der Waals surface area contributed by atoms with Crippen molar-refractivity contribution in [1.82, 2.24) is 0 Å². The maximum absolute atomic E-state index is 9.60. The quantitative estimate of drug-likeness (QED) is 0.500. The summed E-state index contributed by atoms with van der Waals surface area (Å²) in [6, 6.07) is 0. The molecule has 0 aliphatic heterocycles. The van der Waals surface area contributed by atoms with Crippen LogP contribution >= 0.6 is 0 Å². The fourth-order valence-electron chi connectivity index (χ4n) is 0.142. The summed E-state index contributed by atoms with van der Waals surface area (Å²) < 4.78 is 4.18. The van der Waals surface area contributed by atoms with E-state index in [-0.39, 0.29) is 0 Å². The van der Waals surface area contributed by atoms with Crippen molar-refractivity contribution in [2.24, 2.45) is 5.73 Å². The Hall–Kier alpha value is -2.25. The monoisotopic (exact) mass is 223 g/mol. The van der Waals surface area contributed by atoms with Gasteiger partial charge in [-0.1, -0.05) is 6.58 Å². The lowest BCUT2D eigenvalue weighted by molar-refractivity contribution is -0.131. The number of rotatable bonds is 2. The van der Waals surface area contributed by atoms with E-state index in [9.17, 15) is 9.59 Å². The molecule has 1 amide bonds. The second-order valence-electron chi connectivity index (χ2n) is 1.58. The van der Waals surface area contributed by atoms with Crippen molar-refractivity contribution in [1.29, 1.82) is 0 Å². The van der Waals surface area contributed by atoms with Crippen LogP contribution in [0.3, 0.4) is 0 Å². The number of carbonyl (C=O) groups is 3. The third-order valence-corrected chi connectivity index (χ3v) is 0.461. The van der Waals surface area contributed by atoms with Crippen LogP contribution in [0.2, 0.25) is 0 Å². The predicted molar refractivity (Wildman–Crippen MR) is 49.7 cm³/mol. The van der Waals surface area contributed by atoms with Gasteiger partial charge in [0.05, 0.1) is 6.61 Å². The first kappa shape index (κ1) is 18.5. The van der Waals surface area contributed by atoms with Crippen molar-refractivity contribution in [3.05, 3.63) is 12.7 Å². The Morgan fingerprint density at radius 3 is 1.60 bits per heavy atom. The standard InChI is InChI=1S/C3H7NO2.C3H4O2.CH2O3/c1-2-6-3(4)5;1-2-3(4)5;2-1(3)4/h2H2,1H3,(H2,4,5);2H,1H2,(H,4,5);(H2,2,3,4). The lowest BCUT2D eigenvalue weighted by Crippen LogP contribution is -2.11. The molecule has 0 bridgehead atoms. The van der Waals surface area contributed by atoms with Gasteiger partial charge >= 0.3 is 18.2 Å². The smallest absolute Gasteiger partial charge is 0.478 e. The van der Waals surface area contributed by atoms with Crippen molar-refractivity contribution < 1.29 is 34.4 Å². The van der Waals surface area contributed by atoms with Gasteiger partial charge in [-0.25, -0.2) is 14.4 Å². The second kappa shape index (κ2) is 14.3. The van der Waals surface area contributed by atoms with Gasteiger partial charge < -0.3 is 25.8 Å². The number of aliphatic carboxylic acids is 1. The molecule has 0 saturated carbocycles. The lowest BCUT2D eigenvalue weighted by Gasteiger charge is -1.89. The number of ether oxygens (including phenoxy) is 1. The summed E-state index contributed by atoms with van der Waals surface area (Å²) >= 11 is 0. The van der Waals surface area contributed by atoms with Crippen LogP contribution in [0, 0.1) is 0 Å². The summed E-state index contributed by atoms with van der Waals surface area (Å²) in [5.41, 5.74) is 4.54. The number of hydrogen-bond acceptors (Lipinski definition) is 4. The summed E-state index contributed by atoms with van der Waals surface area (Å²) in [5, 5.41) is 21.5. The Morgan fingerprint density at radius 2 is 1.60 bits per heavy atom. The molecule has 0 aliphatic rings. The van der Waals surface area contributed by atoms with E-state index in [4.69, 9.17) is 20.1 Å². The normalized spacial score (nSPS) is 6.73. The largest absolute Gasteiger partial charge is 0.503 e. The van der Waals surface area contributed by atoms with E-state index >= 15 is 0 Å². The molecule has 0 radical (unpaired) electrons. The van der Waals surface area contributed by atoms with E-state index in [0.29, 0.717) is 6.61 Å². The molecule has 0 unspecified atom stereocenters. The van der Waals surface area contributed by atoms with Gasteiger partial charge in [0, 0.05) is 6.08 Å². The molecule has 15 heavy (non-hydrogen) atoms. The summed E-state index contributed by atoms with van der Waals surface area (Å²) in [6.07, 6.45) is -1.71. The van der Waals surface area contributed by atoms with E-state index in [1.54, 1.807) is 6.92 Å². The molecule has 0 aromatic heterocycles. The third-order valence-electron chi connectivity index (χ3n) is 0.461. The molecule has 0 aliphatic carbocycles. The topological polar surface area (TPSA) is 147 Å². The van der Waals surface area contributed by atoms with Crippen LogP contribution in [0.25, 0.3) is 0 Å². The van der Waals surface area contributed by atoms with Gasteiger partial charge in [0.1, 0.15) is 0 Å². The van der Waals surface area contributed by atoms with Gasteiger partial charge in [-0.05, 0) is 6.92 Å². The van der Waals surface area contributed by atoms with Crippen molar-refractivity contribution in [2.75, 3.05) is 6.61 Å². The van der Waals surface area contributed by atoms with Gasteiger partial charge in [-0.2, -0.15) is 0 Å². The number of amides is 1. The van der Waals surface area contributed by atoms with E-state index in [1.807, 2.05) is 0 Å². The Labute approximate surface area is 85.6 Å². The zero-order valence-electron chi connectivity index (χ0n) is 8.04. The summed E-state index contributed by atoms with van der Waals surface area (Å²) in [6.45, 7) is 5.02. The molecule has 0 saturated heterocycles. The number of carbonyl (C=O) groups excluding carboxylic acids is 1. The highest BCUT2D eigenvalue weighted by molar-refractivity contribution is 5.78. The summed E-state index contributed by atoms with van der Waals surface area (Å²) in [4.78, 5) is 27.4. The van der Waals surface area contributed by atoms with Crippen molar-refractivity contribution >= 4 is 18.2 Å². The number of carboxylic acids is 1. The molecule has 0 atom stereocenters. The zero-order chi connectivity index (χ0) is 12.9. The van der Waals surface area contributed by atoms with Gasteiger partial charge in [0.15, 0.2) is 0 Å². The fraction of sp³-hybridized carbons (Fsp3) is 0.286. The van der Waals surface area contributed by atoms with E-state index in [1.165, 1.54) is 0 Å². The number of primary amides is 1. The first-order valence-electron chi connectivity index (χ1n) is 3.47. The summed E-state index contributed by atoms with van der Waals surface area (Å²) in [7, 11) is 0. The number of carboxylic acid groups (broad SMARTS) is 3. The number of nitrogens with two attached hydrogens (primary N) is 1. The van der Waals surface area contributed by atoms with Gasteiger partial charge in [-0.3, -0.25) is 0 Å². The molecule has 0 rings (SSSR count). The fourth-order valence-corrected chi connectivity index (χ4v) is 0.142. The van der Waals surface area contributed by atoms with Gasteiger partial charge in [0.25, 0.3) is 0 Å². The third kappa shape index (κ3) is 148. The highest BCUT2D eigenvalue weighted by atomic mass is 16.6. The van der Waals surface area contributed by atoms with Gasteiger partial charge in [-0.15, -0.1) is 0 Å². The zero-order valence-corrected chi connectivity index (χ0v) is 8.04. The highest BCUT2D eigenvalue weighted by Gasteiger charge is 1.82. The molecule has 0 aromatic rings. The van der Waals surface area contributed by atoms with Crippen LogP contribution in [0.4, 0.5) is 9.59 Å². The molecule has 8 heteroatoms.